The van der Waals surface area contributed by atoms with Crippen molar-refractivity contribution < 1.29 is 52.2 Å². The minimum Gasteiger partial charge on any atom is -0.491 e. The van der Waals surface area contributed by atoms with E-state index in [2.05, 4.69) is 5.32 Å². The average molecular weight is 576 g/mol. The molecule has 1 rings (SSSR count). The Morgan fingerprint density at radius 1 is 0.475 bits per heavy atom. The summed E-state index contributed by atoms with van der Waals surface area (Å²) in [4.78, 5) is 10.6. The van der Waals surface area contributed by atoms with Crippen LogP contribution in [0.3, 0.4) is 0 Å². The van der Waals surface area contributed by atoms with Crippen LogP contribution in [0.4, 0.5) is 0 Å². The van der Waals surface area contributed by atoms with Gasteiger partial charge in [0.1, 0.15) is 18.6 Å². The summed E-state index contributed by atoms with van der Waals surface area (Å²) in [6.07, 6.45) is 0.799. The van der Waals surface area contributed by atoms with Gasteiger partial charge in [-0.25, -0.2) is 0 Å². The Morgan fingerprint density at radius 3 is 1.07 bits per heavy atom. The van der Waals surface area contributed by atoms with Crippen LogP contribution in [0.15, 0.2) is 24.3 Å². The lowest BCUT2D eigenvalue weighted by Gasteiger charge is -2.09. The van der Waals surface area contributed by atoms with Crippen molar-refractivity contribution in [3.63, 3.8) is 0 Å². The first-order valence-corrected chi connectivity index (χ1v) is 13.9. The molecule has 0 aromatic heterocycles. The van der Waals surface area contributed by atoms with Gasteiger partial charge < -0.3 is 52.7 Å². The van der Waals surface area contributed by atoms with E-state index in [-0.39, 0.29) is 0 Å². The van der Waals surface area contributed by atoms with Crippen molar-refractivity contribution in [3.8, 4) is 5.75 Å². The molecule has 0 saturated heterocycles. The van der Waals surface area contributed by atoms with Crippen molar-refractivity contribution in [3.05, 3.63) is 29.8 Å². The van der Waals surface area contributed by atoms with Gasteiger partial charge >= 0.3 is 0 Å². The van der Waals surface area contributed by atoms with Gasteiger partial charge in [-0.05, 0) is 31.3 Å². The molecule has 0 saturated carbocycles. The fraction of sp³-hybridized carbons (Fsp3) is 0.750. The van der Waals surface area contributed by atoms with E-state index in [1.807, 2.05) is 7.05 Å². The molecule has 232 valence electrons. The summed E-state index contributed by atoms with van der Waals surface area (Å²) < 4.78 is 54.5. The first kappa shape index (κ1) is 36.3. The molecule has 40 heavy (non-hydrogen) atoms. The molecule has 0 heterocycles. The van der Waals surface area contributed by atoms with Crippen LogP contribution in [-0.2, 0) is 42.6 Å². The van der Waals surface area contributed by atoms with Crippen molar-refractivity contribution in [2.75, 3.05) is 139 Å². The molecular weight excluding hydrogens is 526 g/mol. The molecule has 12 nitrogen and oxygen atoms in total. The van der Waals surface area contributed by atoms with E-state index in [1.165, 1.54) is 0 Å². The average Bonchev–Trinajstić information content (AvgIpc) is 2.98. The molecule has 0 atom stereocenters. The predicted octanol–water partition coefficient (Wildman–Crippen LogP) is 1.25. The first-order valence-electron chi connectivity index (χ1n) is 13.9. The molecule has 0 aliphatic carbocycles. The van der Waals surface area contributed by atoms with E-state index < -0.39 is 0 Å². The highest BCUT2D eigenvalue weighted by atomic mass is 16.6. The third-order valence-electron chi connectivity index (χ3n) is 4.99. The third-order valence-corrected chi connectivity index (χ3v) is 4.99. The lowest BCUT2D eigenvalue weighted by Crippen LogP contribution is -2.17. The van der Waals surface area contributed by atoms with Crippen LogP contribution in [0.5, 0.6) is 5.75 Å². The van der Waals surface area contributed by atoms with Crippen LogP contribution in [0, 0.1) is 0 Å². The van der Waals surface area contributed by atoms with Crippen LogP contribution >= 0.6 is 0 Å². The molecule has 0 fully saturated rings. The fourth-order valence-electron chi connectivity index (χ4n) is 2.90. The minimum absolute atomic E-state index is 0.434. The summed E-state index contributed by atoms with van der Waals surface area (Å²) in [5, 5.41) is 3.02. The lowest BCUT2D eigenvalue weighted by molar-refractivity contribution is -0.0253. The van der Waals surface area contributed by atoms with Crippen molar-refractivity contribution in [1.29, 1.82) is 0 Å². The Kier molecular flexibility index (Phi) is 27.5. The molecule has 0 aliphatic rings. The third kappa shape index (κ3) is 25.3. The molecule has 1 aromatic rings. The highest BCUT2D eigenvalue weighted by Crippen LogP contribution is 2.10. The standard InChI is InChI=1S/C28H49NO11/c1-29-6-7-31-8-9-32-10-11-33-12-13-34-14-15-35-16-17-36-18-19-37-20-21-38-22-23-39-24-25-40-28-4-2-27(26-30)3-5-28/h2-5,26,29H,6-25H2,1H3. The molecule has 0 aliphatic heterocycles. The molecule has 0 radical (unpaired) electrons. The number of carbonyl (C=O) groups is 1. The summed E-state index contributed by atoms with van der Waals surface area (Å²) in [6, 6.07) is 6.94. The zero-order chi connectivity index (χ0) is 28.6. The van der Waals surface area contributed by atoms with Gasteiger partial charge in [0.05, 0.1) is 119 Å². The number of likely N-dealkylation sites (N-methyl/N-ethyl adjacent to an activating group) is 1. The highest BCUT2D eigenvalue weighted by Gasteiger charge is 1.97. The van der Waals surface area contributed by atoms with E-state index >= 15 is 0 Å². The second-order valence-corrected chi connectivity index (χ2v) is 8.15. The smallest absolute Gasteiger partial charge is 0.150 e. The molecule has 0 unspecified atom stereocenters. The Bertz CT molecular complexity index is 652. The van der Waals surface area contributed by atoms with E-state index in [0.717, 1.165) is 12.8 Å². The molecule has 1 N–H and O–H groups in total. The Labute approximate surface area is 238 Å². The second-order valence-electron chi connectivity index (χ2n) is 8.15. The van der Waals surface area contributed by atoms with Gasteiger partial charge in [-0.15, -0.1) is 0 Å². The van der Waals surface area contributed by atoms with Gasteiger partial charge in [0, 0.05) is 12.1 Å². The number of nitrogens with one attached hydrogen (secondary N) is 1. The molecule has 0 bridgehead atoms. The van der Waals surface area contributed by atoms with Gasteiger partial charge in [0.25, 0.3) is 0 Å². The lowest BCUT2D eigenvalue weighted by atomic mass is 10.2. The maximum atomic E-state index is 10.6. The number of benzene rings is 1. The second kappa shape index (κ2) is 30.3. The Morgan fingerprint density at radius 2 is 0.775 bits per heavy atom. The van der Waals surface area contributed by atoms with Gasteiger partial charge in [-0.3, -0.25) is 4.79 Å². The van der Waals surface area contributed by atoms with Crippen molar-refractivity contribution in [2.24, 2.45) is 0 Å². The normalized spacial score (nSPS) is 11.2. The number of ether oxygens (including phenoxy) is 10. The van der Waals surface area contributed by atoms with Gasteiger partial charge in [-0.1, -0.05) is 0 Å². The van der Waals surface area contributed by atoms with Crippen LogP contribution in [-0.4, -0.2) is 145 Å². The largest absolute Gasteiger partial charge is 0.491 e. The summed E-state index contributed by atoms with van der Waals surface area (Å²) in [7, 11) is 1.89. The van der Waals surface area contributed by atoms with Crippen LogP contribution < -0.4 is 10.1 Å². The topological polar surface area (TPSA) is 121 Å². The summed E-state index contributed by atoms with van der Waals surface area (Å²) in [6.45, 7) is 10.8. The van der Waals surface area contributed by atoms with Gasteiger partial charge in [0.15, 0.2) is 0 Å². The zero-order valence-corrected chi connectivity index (χ0v) is 24.0. The molecule has 0 amide bonds. The fourth-order valence-corrected chi connectivity index (χ4v) is 2.90. The number of carbonyl (C=O) groups excluding carboxylic acids is 1. The minimum atomic E-state index is 0.434. The highest BCUT2D eigenvalue weighted by molar-refractivity contribution is 5.74. The van der Waals surface area contributed by atoms with Crippen molar-refractivity contribution in [2.45, 2.75) is 0 Å². The quantitative estimate of drug-likeness (QED) is 0.0983. The van der Waals surface area contributed by atoms with E-state index in [4.69, 9.17) is 47.4 Å². The van der Waals surface area contributed by atoms with E-state index in [1.54, 1.807) is 24.3 Å². The van der Waals surface area contributed by atoms with Gasteiger partial charge in [0.2, 0.25) is 0 Å². The van der Waals surface area contributed by atoms with E-state index in [9.17, 15) is 4.79 Å². The maximum Gasteiger partial charge on any atom is 0.150 e. The van der Waals surface area contributed by atoms with Crippen LogP contribution in [0.1, 0.15) is 10.4 Å². The zero-order valence-electron chi connectivity index (χ0n) is 24.0. The number of aldehydes is 1. The van der Waals surface area contributed by atoms with Crippen molar-refractivity contribution in [1.82, 2.24) is 5.32 Å². The Balaban J connectivity index is 1.65. The van der Waals surface area contributed by atoms with E-state index in [0.29, 0.717) is 137 Å². The molecule has 1 aromatic carbocycles. The molecule has 12 heteroatoms. The number of hydrogen-bond acceptors (Lipinski definition) is 12. The summed E-state index contributed by atoms with van der Waals surface area (Å²) in [5.41, 5.74) is 0.620. The predicted molar refractivity (Wildman–Crippen MR) is 149 cm³/mol. The Hall–Kier alpha value is -1.71. The monoisotopic (exact) mass is 575 g/mol. The van der Waals surface area contributed by atoms with Crippen LogP contribution in [0.25, 0.3) is 0 Å². The maximum absolute atomic E-state index is 10.6. The number of rotatable bonds is 32. The first-order chi connectivity index (χ1) is 19.9. The summed E-state index contributed by atoms with van der Waals surface area (Å²) in [5.74, 6) is 0.707. The summed E-state index contributed by atoms with van der Waals surface area (Å²) >= 11 is 0. The van der Waals surface area contributed by atoms with Gasteiger partial charge in [-0.2, -0.15) is 0 Å². The van der Waals surface area contributed by atoms with Crippen LogP contribution in [0.2, 0.25) is 0 Å². The number of hydrogen-bond donors (Lipinski definition) is 1. The molecular formula is C28H49NO11. The van der Waals surface area contributed by atoms with Crippen molar-refractivity contribution >= 4 is 6.29 Å². The SMILES string of the molecule is CNCCOCCOCCOCCOCCOCCOCCOCCOCCOCCOc1ccc(C=O)cc1. The molecule has 0 spiro atoms.